The maximum atomic E-state index is 12.0. The molecule has 2 rings (SSSR count). The van der Waals surface area contributed by atoms with Gasteiger partial charge in [0.1, 0.15) is 6.33 Å². The van der Waals surface area contributed by atoms with Crippen molar-refractivity contribution in [2.45, 2.75) is 20.0 Å². The predicted octanol–water partition coefficient (Wildman–Crippen LogP) is 2.75. The summed E-state index contributed by atoms with van der Waals surface area (Å²) < 4.78 is 3.59. The molecule has 0 saturated carbocycles. The summed E-state index contributed by atoms with van der Waals surface area (Å²) in [6, 6.07) is 5.42. The van der Waals surface area contributed by atoms with E-state index in [9.17, 15) is 4.79 Å². The van der Waals surface area contributed by atoms with Gasteiger partial charge in [-0.15, -0.1) is 10.2 Å². The molecular weight excluding hydrogens is 376 g/mol. The van der Waals surface area contributed by atoms with Gasteiger partial charge in [0.25, 0.3) is 5.91 Å². The Hall–Kier alpha value is -1.21. The van der Waals surface area contributed by atoms with Crippen LogP contribution >= 0.6 is 31.9 Å². The van der Waals surface area contributed by atoms with Crippen LogP contribution < -0.4 is 5.32 Å². The summed E-state index contributed by atoms with van der Waals surface area (Å²) in [4.78, 5) is 12.0. The van der Waals surface area contributed by atoms with Crippen molar-refractivity contribution < 1.29 is 4.79 Å². The summed E-state index contributed by atoms with van der Waals surface area (Å²) in [6.07, 6.45) is 1.65. The first-order chi connectivity index (χ1) is 9.10. The highest BCUT2D eigenvalue weighted by Crippen LogP contribution is 2.20. The van der Waals surface area contributed by atoms with Crippen LogP contribution in [0, 0.1) is 0 Å². The minimum atomic E-state index is -0.146. The molecule has 0 aliphatic rings. The van der Waals surface area contributed by atoms with Gasteiger partial charge in [-0.25, -0.2) is 0 Å². The van der Waals surface area contributed by atoms with E-state index in [1.807, 2.05) is 17.6 Å². The smallest absolute Gasteiger partial charge is 0.251 e. The Morgan fingerprint density at radius 1 is 1.32 bits per heavy atom. The number of aryl methyl sites for hydroxylation is 1. The summed E-state index contributed by atoms with van der Waals surface area (Å²) in [7, 11) is 0. The number of halogens is 2. The lowest BCUT2D eigenvalue weighted by atomic mass is 10.2. The standard InChI is InChI=1S/C12H12Br2N4O/c1-2-18-7-16-17-11(18)6-15-12(19)8-3-9(13)5-10(14)4-8/h3-5,7H,2,6H2,1H3,(H,15,19). The third-order valence-corrected chi connectivity index (χ3v) is 3.48. The van der Waals surface area contributed by atoms with E-state index in [0.29, 0.717) is 12.1 Å². The Balaban J connectivity index is 2.05. The van der Waals surface area contributed by atoms with Crippen LogP contribution in [0.4, 0.5) is 0 Å². The number of nitrogens with one attached hydrogen (secondary N) is 1. The van der Waals surface area contributed by atoms with Crippen LogP contribution in [0.5, 0.6) is 0 Å². The number of nitrogens with zero attached hydrogens (tertiary/aromatic N) is 3. The second-order valence-corrected chi connectivity index (χ2v) is 5.71. The highest BCUT2D eigenvalue weighted by molar-refractivity contribution is 9.11. The molecule has 0 fully saturated rings. The predicted molar refractivity (Wildman–Crippen MR) is 78.7 cm³/mol. The average Bonchev–Trinajstić information content (AvgIpc) is 2.82. The largest absolute Gasteiger partial charge is 0.345 e. The maximum Gasteiger partial charge on any atom is 0.251 e. The van der Waals surface area contributed by atoms with E-state index in [-0.39, 0.29) is 5.91 Å². The second kappa shape index (κ2) is 6.29. The molecule has 0 bridgehead atoms. The van der Waals surface area contributed by atoms with Gasteiger partial charge < -0.3 is 9.88 Å². The van der Waals surface area contributed by atoms with E-state index in [1.165, 1.54) is 0 Å². The van der Waals surface area contributed by atoms with E-state index in [1.54, 1.807) is 18.5 Å². The molecule has 1 heterocycles. The highest BCUT2D eigenvalue weighted by Gasteiger charge is 2.09. The number of hydrogen-bond donors (Lipinski definition) is 1. The van der Waals surface area contributed by atoms with Crippen molar-refractivity contribution in [3.8, 4) is 0 Å². The van der Waals surface area contributed by atoms with Gasteiger partial charge in [0.2, 0.25) is 0 Å². The van der Waals surface area contributed by atoms with Crippen molar-refractivity contribution in [1.82, 2.24) is 20.1 Å². The molecule has 0 unspecified atom stereocenters. The van der Waals surface area contributed by atoms with Crippen LogP contribution in [0.2, 0.25) is 0 Å². The van der Waals surface area contributed by atoms with Crippen LogP contribution in [0.15, 0.2) is 33.5 Å². The molecule has 0 atom stereocenters. The normalized spacial score (nSPS) is 10.5. The topological polar surface area (TPSA) is 59.8 Å². The van der Waals surface area contributed by atoms with Gasteiger partial charge in [-0.1, -0.05) is 31.9 Å². The highest BCUT2D eigenvalue weighted by atomic mass is 79.9. The number of benzene rings is 1. The quantitative estimate of drug-likeness (QED) is 0.877. The summed E-state index contributed by atoms with van der Waals surface area (Å²) in [5.41, 5.74) is 0.587. The summed E-state index contributed by atoms with van der Waals surface area (Å²) in [6.45, 7) is 3.14. The lowest BCUT2D eigenvalue weighted by Crippen LogP contribution is -2.24. The van der Waals surface area contributed by atoms with E-state index in [2.05, 4.69) is 47.4 Å². The summed E-state index contributed by atoms with van der Waals surface area (Å²) >= 11 is 6.71. The molecule has 1 aromatic carbocycles. The molecule has 5 nitrogen and oxygen atoms in total. The Morgan fingerprint density at radius 2 is 2.00 bits per heavy atom. The number of aromatic nitrogens is 3. The molecule has 19 heavy (non-hydrogen) atoms. The van der Waals surface area contributed by atoms with E-state index >= 15 is 0 Å². The first kappa shape index (κ1) is 14.2. The van der Waals surface area contributed by atoms with Crippen LogP contribution in [-0.4, -0.2) is 20.7 Å². The Bertz CT molecular complexity index is 577. The van der Waals surface area contributed by atoms with Gasteiger partial charge in [-0.2, -0.15) is 0 Å². The van der Waals surface area contributed by atoms with E-state index < -0.39 is 0 Å². The molecule has 1 amide bonds. The van der Waals surface area contributed by atoms with Crippen LogP contribution in [0.1, 0.15) is 23.1 Å². The number of carbonyl (C=O) groups is 1. The minimum absolute atomic E-state index is 0.146. The number of rotatable bonds is 4. The molecule has 0 aliphatic heterocycles. The molecule has 100 valence electrons. The first-order valence-corrected chi connectivity index (χ1v) is 7.29. The molecule has 1 N–H and O–H groups in total. The van der Waals surface area contributed by atoms with Crippen molar-refractivity contribution in [1.29, 1.82) is 0 Å². The molecule has 2 aromatic rings. The van der Waals surface area contributed by atoms with E-state index in [4.69, 9.17) is 0 Å². The molecule has 7 heteroatoms. The molecular formula is C12H12Br2N4O. The fourth-order valence-corrected chi connectivity index (χ4v) is 2.92. The maximum absolute atomic E-state index is 12.0. The number of amides is 1. The fraction of sp³-hybridized carbons (Fsp3) is 0.250. The van der Waals surface area contributed by atoms with Gasteiger partial charge in [0, 0.05) is 21.1 Å². The SMILES string of the molecule is CCn1cnnc1CNC(=O)c1cc(Br)cc(Br)c1. The van der Waals surface area contributed by atoms with E-state index in [0.717, 1.165) is 21.3 Å². The lowest BCUT2D eigenvalue weighted by molar-refractivity contribution is 0.0949. The second-order valence-electron chi connectivity index (χ2n) is 3.87. The lowest BCUT2D eigenvalue weighted by Gasteiger charge is -2.07. The Labute approximate surface area is 127 Å². The minimum Gasteiger partial charge on any atom is -0.345 e. The molecule has 1 aromatic heterocycles. The summed E-state index contributed by atoms with van der Waals surface area (Å²) in [5, 5.41) is 10.6. The van der Waals surface area contributed by atoms with Gasteiger partial charge in [0.05, 0.1) is 6.54 Å². The first-order valence-electron chi connectivity index (χ1n) is 5.71. The van der Waals surface area contributed by atoms with Gasteiger partial charge >= 0.3 is 0 Å². The molecule has 0 saturated heterocycles. The third kappa shape index (κ3) is 3.63. The molecule has 0 aliphatic carbocycles. The molecule has 0 spiro atoms. The van der Waals surface area contributed by atoms with Crippen molar-refractivity contribution >= 4 is 37.8 Å². The number of carbonyl (C=O) groups excluding carboxylic acids is 1. The fourth-order valence-electron chi connectivity index (χ4n) is 1.63. The zero-order valence-corrected chi connectivity index (χ0v) is 13.4. The van der Waals surface area contributed by atoms with Crippen molar-refractivity contribution in [3.05, 3.63) is 44.9 Å². The average molecular weight is 388 g/mol. The zero-order valence-electron chi connectivity index (χ0n) is 10.2. The van der Waals surface area contributed by atoms with Crippen LogP contribution in [-0.2, 0) is 13.1 Å². The monoisotopic (exact) mass is 386 g/mol. The Kier molecular flexibility index (Phi) is 4.71. The number of hydrogen-bond acceptors (Lipinski definition) is 3. The van der Waals surface area contributed by atoms with Gasteiger partial charge in [-0.05, 0) is 25.1 Å². The zero-order chi connectivity index (χ0) is 13.8. The third-order valence-electron chi connectivity index (χ3n) is 2.57. The van der Waals surface area contributed by atoms with Crippen molar-refractivity contribution in [2.24, 2.45) is 0 Å². The summed E-state index contributed by atoms with van der Waals surface area (Å²) in [5.74, 6) is 0.595. The van der Waals surface area contributed by atoms with Crippen LogP contribution in [0.25, 0.3) is 0 Å². The van der Waals surface area contributed by atoms with Crippen molar-refractivity contribution in [2.75, 3.05) is 0 Å². The van der Waals surface area contributed by atoms with Crippen molar-refractivity contribution in [3.63, 3.8) is 0 Å². The van der Waals surface area contributed by atoms with Crippen LogP contribution in [0.3, 0.4) is 0 Å². The molecule has 0 radical (unpaired) electrons. The van der Waals surface area contributed by atoms with Gasteiger partial charge in [-0.3, -0.25) is 4.79 Å². The van der Waals surface area contributed by atoms with Gasteiger partial charge in [0.15, 0.2) is 5.82 Å². The Morgan fingerprint density at radius 3 is 2.63 bits per heavy atom.